The van der Waals surface area contributed by atoms with E-state index in [-0.39, 0.29) is 0 Å². The molecule has 2 fully saturated rings. The van der Waals surface area contributed by atoms with Crippen LogP contribution in [-0.2, 0) is 13.6 Å². The van der Waals surface area contributed by atoms with Crippen LogP contribution in [0.15, 0.2) is 73.6 Å². The molecule has 2 aliphatic rings. The summed E-state index contributed by atoms with van der Waals surface area (Å²) in [4.78, 5) is 16.0. The third kappa shape index (κ3) is 4.72. The number of pyridine rings is 1. The van der Waals surface area contributed by atoms with Crippen molar-refractivity contribution < 1.29 is 4.74 Å². The molecule has 1 aromatic carbocycles. The second kappa shape index (κ2) is 9.57. The quantitative estimate of drug-likeness (QED) is 0.322. The predicted octanol–water partition coefficient (Wildman–Crippen LogP) is 4.13. The number of fused-ring (bicyclic) bond motifs is 2. The molecule has 0 spiro atoms. The van der Waals surface area contributed by atoms with Crippen molar-refractivity contribution in [2.45, 2.75) is 13.0 Å². The summed E-state index contributed by atoms with van der Waals surface area (Å²) in [6, 6.07) is 14.4. The van der Waals surface area contributed by atoms with Crippen LogP contribution in [0.3, 0.4) is 0 Å². The van der Waals surface area contributed by atoms with Crippen LogP contribution in [0.1, 0.15) is 12.0 Å². The second-order valence-electron chi connectivity index (χ2n) is 10.3. The molecule has 1 aliphatic carbocycles. The van der Waals surface area contributed by atoms with Gasteiger partial charge in [-0.25, -0.2) is 15.0 Å². The molecule has 0 bridgehead atoms. The fraction of sp³-hybridized carbons (Fsp3) is 0.310. The zero-order valence-electron chi connectivity index (χ0n) is 21.4. The minimum Gasteiger partial charge on any atom is -0.492 e. The smallest absolute Gasteiger partial charge is 0.140 e. The number of imidazole rings is 1. The highest BCUT2D eigenvalue weighted by molar-refractivity contribution is 5.64. The number of ether oxygens (including phenoxy) is 1. The first-order valence-electron chi connectivity index (χ1n) is 13.1. The number of benzene rings is 1. The summed E-state index contributed by atoms with van der Waals surface area (Å²) < 4.78 is 9.88. The first-order valence-corrected chi connectivity index (χ1v) is 13.1. The van der Waals surface area contributed by atoms with Crippen LogP contribution in [0.4, 0.5) is 5.82 Å². The molecule has 5 aromatic rings. The minimum absolute atomic E-state index is 0.663. The van der Waals surface area contributed by atoms with Crippen molar-refractivity contribution in [1.29, 1.82) is 0 Å². The van der Waals surface area contributed by atoms with Gasteiger partial charge >= 0.3 is 0 Å². The van der Waals surface area contributed by atoms with Gasteiger partial charge in [-0.1, -0.05) is 24.3 Å². The van der Waals surface area contributed by atoms with Crippen molar-refractivity contribution in [2.75, 3.05) is 31.6 Å². The van der Waals surface area contributed by atoms with E-state index in [0.717, 1.165) is 58.1 Å². The predicted molar refractivity (Wildman–Crippen MR) is 146 cm³/mol. The Kier molecular flexibility index (Phi) is 5.77. The summed E-state index contributed by atoms with van der Waals surface area (Å²) in [5.74, 6) is 3.52. The van der Waals surface area contributed by atoms with E-state index in [9.17, 15) is 0 Å². The van der Waals surface area contributed by atoms with Crippen LogP contribution in [0.2, 0.25) is 0 Å². The zero-order chi connectivity index (χ0) is 25.5. The van der Waals surface area contributed by atoms with E-state index in [4.69, 9.17) is 4.74 Å². The summed E-state index contributed by atoms with van der Waals surface area (Å²) in [5, 5.41) is 7.66. The molecule has 2 unspecified atom stereocenters. The molecule has 1 saturated heterocycles. The lowest BCUT2D eigenvalue weighted by Crippen LogP contribution is -2.27. The number of hydrogen-bond acceptors (Lipinski definition) is 7. The molecule has 192 valence electrons. The molecule has 1 saturated carbocycles. The van der Waals surface area contributed by atoms with E-state index >= 15 is 0 Å². The second-order valence-corrected chi connectivity index (χ2v) is 10.3. The molecule has 4 aromatic heterocycles. The molecule has 1 aliphatic heterocycles. The lowest BCUT2D eigenvalue weighted by Gasteiger charge is -2.17. The number of aromatic nitrogens is 6. The fourth-order valence-electron chi connectivity index (χ4n) is 5.38. The van der Waals surface area contributed by atoms with E-state index in [1.165, 1.54) is 25.1 Å². The first-order chi connectivity index (χ1) is 18.7. The number of nitrogens with one attached hydrogen (secondary N) is 1. The fourth-order valence-corrected chi connectivity index (χ4v) is 5.38. The van der Waals surface area contributed by atoms with Crippen LogP contribution in [-0.4, -0.2) is 60.3 Å². The molecule has 2 atom stereocenters. The number of hydrogen-bond donors (Lipinski definition) is 1. The van der Waals surface area contributed by atoms with Gasteiger partial charge in [-0.3, -0.25) is 14.0 Å². The minimum atomic E-state index is 0.663. The van der Waals surface area contributed by atoms with Crippen molar-refractivity contribution in [3.05, 3.63) is 79.1 Å². The average molecular weight is 507 g/mol. The summed E-state index contributed by atoms with van der Waals surface area (Å²) in [6.07, 6.45) is 10.8. The molecule has 9 nitrogen and oxygen atoms in total. The lowest BCUT2D eigenvalue weighted by atomic mass is 10.1. The number of likely N-dealkylation sites (tertiary alicyclic amines) is 1. The van der Waals surface area contributed by atoms with Crippen LogP contribution in [0.5, 0.6) is 5.75 Å². The number of aryl methyl sites for hydroxylation is 1. The normalized spacial score (nSPS) is 18.6. The SMILES string of the molecule is Cn1cc(-c2ccc(CNc3cc(-c4cnc5cc(OCCN6CC7CC7C6)ccn45)ncn3)cc2)cn1. The Balaban J connectivity index is 0.990. The molecule has 0 radical (unpaired) electrons. The maximum absolute atomic E-state index is 6.03. The topological polar surface area (TPSA) is 85.4 Å². The molecular formula is C29H30N8O. The van der Waals surface area contributed by atoms with Crippen LogP contribution in [0.25, 0.3) is 28.2 Å². The molecule has 5 heterocycles. The molecular weight excluding hydrogens is 476 g/mol. The van der Waals surface area contributed by atoms with Gasteiger partial charge in [-0.15, -0.1) is 0 Å². The summed E-state index contributed by atoms with van der Waals surface area (Å²) in [7, 11) is 1.93. The maximum atomic E-state index is 6.03. The number of anilines is 1. The summed E-state index contributed by atoms with van der Waals surface area (Å²) in [5.41, 5.74) is 5.98. The Morgan fingerprint density at radius 3 is 2.66 bits per heavy atom. The molecule has 38 heavy (non-hydrogen) atoms. The van der Waals surface area contributed by atoms with Gasteiger partial charge in [0.1, 0.15) is 30.1 Å². The van der Waals surface area contributed by atoms with Crippen LogP contribution < -0.4 is 10.1 Å². The molecule has 0 amide bonds. The van der Waals surface area contributed by atoms with E-state index in [2.05, 4.69) is 54.5 Å². The van der Waals surface area contributed by atoms with Gasteiger partial charge in [-0.2, -0.15) is 5.10 Å². The van der Waals surface area contributed by atoms with Crippen molar-refractivity contribution in [3.63, 3.8) is 0 Å². The summed E-state index contributed by atoms with van der Waals surface area (Å²) >= 11 is 0. The highest BCUT2D eigenvalue weighted by Gasteiger charge is 2.44. The Morgan fingerprint density at radius 1 is 0.974 bits per heavy atom. The number of rotatable bonds is 9. The Bertz CT molecular complexity index is 1560. The standard InChI is InChI=1S/C29H30N8O/c1-35-16-24(14-34-35)21-4-2-20(3-5-21)13-30-28-12-26(32-19-33-28)27-15-31-29-11-25(6-7-37(27)29)38-9-8-36-17-22-10-23(22)18-36/h2-7,11-12,14-16,19,22-23H,8-10,13,17-18H2,1H3,(H,30,32,33). The van der Waals surface area contributed by atoms with E-state index < -0.39 is 0 Å². The van der Waals surface area contributed by atoms with Crippen molar-refractivity contribution in [3.8, 4) is 28.3 Å². The van der Waals surface area contributed by atoms with Gasteiger partial charge in [-0.05, 0) is 35.4 Å². The average Bonchev–Trinajstić information content (AvgIpc) is 3.28. The Morgan fingerprint density at radius 2 is 1.84 bits per heavy atom. The summed E-state index contributed by atoms with van der Waals surface area (Å²) in [6.45, 7) is 4.84. The molecule has 9 heteroatoms. The van der Waals surface area contributed by atoms with Crippen molar-refractivity contribution in [1.82, 2.24) is 34.0 Å². The monoisotopic (exact) mass is 506 g/mol. The van der Waals surface area contributed by atoms with Gasteiger partial charge in [0.15, 0.2) is 0 Å². The molecule has 1 N–H and O–H groups in total. The third-order valence-corrected chi connectivity index (χ3v) is 7.61. The Hall–Kier alpha value is -4.24. The van der Waals surface area contributed by atoms with Gasteiger partial charge in [0, 0.05) is 63.3 Å². The highest BCUT2D eigenvalue weighted by atomic mass is 16.5. The van der Waals surface area contributed by atoms with E-state index in [1.807, 2.05) is 59.1 Å². The molecule has 7 rings (SSSR count). The first kappa shape index (κ1) is 22.9. The van der Waals surface area contributed by atoms with E-state index in [0.29, 0.717) is 13.2 Å². The van der Waals surface area contributed by atoms with Crippen LogP contribution in [0, 0.1) is 11.8 Å². The van der Waals surface area contributed by atoms with Crippen molar-refractivity contribution >= 4 is 11.5 Å². The van der Waals surface area contributed by atoms with E-state index in [1.54, 1.807) is 6.33 Å². The van der Waals surface area contributed by atoms with Gasteiger partial charge in [0.25, 0.3) is 0 Å². The highest BCUT2D eigenvalue weighted by Crippen LogP contribution is 2.44. The lowest BCUT2D eigenvalue weighted by molar-refractivity contribution is 0.224. The Labute approximate surface area is 221 Å². The third-order valence-electron chi connectivity index (χ3n) is 7.61. The van der Waals surface area contributed by atoms with Gasteiger partial charge in [0.2, 0.25) is 0 Å². The van der Waals surface area contributed by atoms with Crippen molar-refractivity contribution in [2.24, 2.45) is 18.9 Å². The van der Waals surface area contributed by atoms with Gasteiger partial charge < -0.3 is 10.1 Å². The number of piperidine rings is 1. The van der Waals surface area contributed by atoms with Crippen LogP contribution >= 0.6 is 0 Å². The van der Waals surface area contributed by atoms with Gasteiger partial charge in [0.05, 0.1) is 23.8 Å². The number of nitrogens with zero attached hydrogens (tertiary/aromatic N) is 7. The zero-order valence-corrected chi connectivity index (χ0v) is 21.4. The maximum Gasteiger partial charge on any atom is 0.140 e. The largest absolute Gasteiger partial charge is 0.492 e.